The van der Waals surface area contributed by atoms with E-state index in [-0.39, 0.29) is 36.0 Å². The van der Waals surface area contributed by atoms with Gasteiger partial charge >= 0.3 is 0 Å². The number of amides is 1. The minimum atomic E-state index is -0.232. The van der Waals surface area contributed by atoms with Crippen LogP contribution in [0.1, 0.15) is 69.8 Å². The number of nitrogens with one attached hydrogen (secondary N) is 1. The van der Waals surface area contributed by atoms with Crippen molar-refractivity contribution < 1.29 is 23.8 Å². The molecule has 8 heteroatoms. The van der Waals surface area contributed by atoms with Crippen molar-refractivity contribution in [1.29, 1.82) is 0 Å². The molecule has 0 spiro atoms. The zero-order valence-electron chi connectivity index (χ0n) is 22.5. The van der Waals surface area contributed by atoms with Gasteiger partial charge in [0.15, 0.2) is 5.78 Å². The van der Waals surface area contributed by atoms with E-state index in [1.54, 1.807) is 12.1 Å². The van der Waals surface area contributed by atoms with Gasteiger partial charge in [0.1, 0.15) is 35.9 Å². The second kappa shape index (κ2) is 13.2. The third-order valence-corrected chi connectivity index (χ3v) is 7.39. The van der Waals surface area contributed by atoms with Crippen LogP contribution in [0.3, 0.4) is 0 Å². The molecule has 2 heterocycles. The summed E-state index contributed by atoms with van der Waals surface area (Å²) in [4.78, 5) is 33.1. The minimum Gasteiger partial charge on any atom is -0.490 e. The van der Waals surface area contributed by atoms with Gasteiger partial charge in [0.05, 0.1) is 6.61 Å². The lowest BCUT2D eigenvalue weighted by Gasteiger charge is -2.35. The molecule has 1 aromatic carbocycles. The molecule has 2 aromatic rings. The molecule has 8 nitrogen and oxygen atoms in total. The molecule has 2 fully saturated rings. The maximum Gasteiger partial charge on any atom is 0.270 e. The molecule has 0 radical (unpaired) electrons. The summed E-state index contributed by atoms with van der Waals surface area (Å²) in [5, 5.41) is 3.92. The molecule has 1 saturated heterocycles. The number of carbonyl (C=O) groups excluding carboxylic acids is 2. The lowest BCUT2D eigenvalue weighted by atomic mass is 10.0. The molecule has 1 aromatic heterocycles. The van der Waals surface area contributed by atoms with Crippen LogP contribution in [0.5, 0.6) is 11.5 Å². The molecule has 1 aliphatic heterocycles. The molecule has 2 aliphatic rings. The lowest BCUT2D eigenvalue weighted by molar-refractivity contribution is -0.124. The van der Waals surface area contributed by atoms with Gasteiger partial charge in [-0.15, -0.1) is 0 Å². The Labute approximate surface area is 220 Å². The Balaban J connectivity index is 1.56. The number of para-hydroxylation sites is 1. The second-order valence-corrected chi connectivity index (χ2v) is 10.3. The van der Waals surface area contributed by atoms with Crippen molar-refractivity contribution in [3.63, 3.8) is 0 Å². The van der Waals surface area contributed by atoms with Crippen LogP contribution < -0.4 is 14.8 Å². The molecule has 1 saturated carbocycles. The van der Waals surface area contributed by atoms with Crippen molar-refractivity contribution in [2.24, 2.45) is 5.92 Å². The SMILES string of the molecule is CCOCCOc1cc(C(=O)N[C@@H]2CCCN(C(C)C)C2)nc2c(OCC(=O)C3CCCC3)cccc12. The first-order valence-corrected chi connectivity index (χ1v) is 13.8. The monoisotopic (exact) mass is 511 g/mol. The fourth-order valence-corrected chi connectivity index (χ4v) is 5.27. The number of pyridine rings is 1. The van der Waals surface area contributed by atoms with E-state index in [4.69, 9.17) is 19.2 Å². The van der Waals surface area contributed by atoms with Crippen LogP contribution in [0.25, 0.3) is 10.9 Å². The fourth-order valence-electron chi connectivity index (χ4n) is 5.27. The molecule has 1 atom stereocenters. The zero-order valence-corrected chi connectivity index (χ0v) is 22.5. The number of ketones is 1. The number of piperidine rings is 1. The highest BCUT2D eigenvalue weighted by molar-refractivity contribution is 5.98. The van der Waals surface area contributed by atoms with E-state index >= 15 is 0 Å². The first kappa shape index (κ1) is 27.3. The third kappa shape index (κ3) is 7.20. The minimum absolute atomic E-state index is 0.00945. The zero-order chi connectivity index (χ0) is 26.2. The number of hydrogen-bond acceptors (Lipinski definition) is 7. The summed E-state index contributed by atoms with van der Waals surface area (Å²) in [6, 6.07) is 7.75. The van der Waals surface area contributed by atoms with Crippen LogP contribution in [-0.4, -0.2) is 73.2 Å². The number of benzene rings is 1. The Morgan fingerprint density at radius 2 is 1.89 bits per heavy atom. The number of Topliss-reactive ketones (excluding diaryl/α,β-unsaturated/α-hetero) is 1. The number of rotatable bonds is 12. The molecular weight excluding hydrogens is 470 g/mol. The summed E-state index contributed by atoms with van der Waals surface area (Å²) in [7, 11) is 0. The largest absolute Gasteiger partial charge is 0.490 e. The Morgan fingerprint density at radius 3 is 2.65 bits per heavy atom. The predicted octanol–water partition coefficient (Wildman–Crippen LogP) is 4.39. The van der Waals surface area contributed by atoms with E-state index < -0.39 is 0 Å². The Kier molecular flexibility index (Phi) is 9.75. The molecule has 202 valence electrons. The van der Waals surface area contributed by atoms with Gasteiger partial charge in [-0.25, -0.2) is 4.98 Å². The summed E-state index contributed by atoms with van der Waals surface area (Å²) in [6.07, 6.45) is 6.07. The molecule has 37 heavy (non-hydrogen) atoms. The molecule has 1 aliphatic carbocycles. The van der Waals surface area contributed by atoms with Crippen LogP contribution in [0, 0.1) is 5.92 Å². The number of fused-ring (bicyclic) bond motifs is 1. The fraction of sp³-hybridized carbons (Fsp3) is 0.621. The maximum atomic E-state index is 13.3. The number of nitrogens with zero attached hydrogens (tertiary/aromatic N) is 2. The van der Waals surface area contributed by atoms with Gasteiger partial charge in [-0.2, -0.15) is 0 Å². The second-order valence-electron chi connectivity index (χ2n) is 10.3. The van der Waals surface area contributed by atoms with Gasteiger partial charge in [-0.1, -0.05) is 18.9 Å². The average Bonchev–Trinajstić information content (AvgIpc) is 3.45. The highest BCUT2D eigenvalue weighted by Gasteiger charge is 2.26. The van der Waals surface area contributed by atoms with Crippen LogP contribution >= 0.6 is 0 Å². The molecule has 0 unspecified atom stereocenters. The summed E-state index contributed by atoms with van der Waals surface area (Å²) in [5.41, 5.74) is 0.798. The van der Waals surface area contributed by atoms with Gasteiger partial charge in [-0.3, -0.25) is 14.5 Å². The van der Waals surface area contributed by atoms with Gasteiger partial charge in [0.2, 0.25) is 0 Å². The lowest BCUT2D eigenvalue weighted by Crippen LogP contribution is -2.49. The number of ether oxygens (including phenoxy) is 3. The van der Waals surface area contributed by atoms with Crippen molar-refractivity contribution in [2.45, 2.75) is 71.4 Å². The van der Waals surface area contributed by atoms with Gasteiger partial charge in [0.25, 0.3) is 5.91 Å². The van der Waals surface area contributed by atoms with E-state index in [1.165, 1.54) is 0 Å². The summed E-state index contributed by atoms with van der Waals surface area (Å²) < 4.78 is 17.4. The van der Waals surface area contributed by atoms with Gasteiger partial charge in [-0.05, 0) is 65.1 Å². The first-order chi connectivity index (χ1) is 18.0. The number of likely N-dealkylation sites (tertiary alicyclic amines) is 1. The van der Waals surface area contributed by atoms with Gasteiger partial charge in [0, 0.05) is 42.6 Å². The van der Waals surface area contributed by atoms with Crippen molar-refractivity contribution in [3.8, 4) is 11.5 Å². The van der Waals surface area contributed by atoms with Crippen molar-refractivity contribution in [3.05, 3.63) is 30.0 Å². The van der Waals surface area contributed by atoms with Crippen LogP contribution in [0.2, 0.25) is 0 Å². The maximum absolute atomic E-state index is 13.3. The summed E-state index contributed by atoms with van der Waals surface area (Å²) in [5.74, 6) is 1.02. The van der Waals surface area contributed by atoms with Crippen LogP contribution in [-0.2, 0) is 9.53 Å². The number of aromatic nitrogens is 1. The van der Waals surface area contributed by atoms with Crippen molar-refractivity contribution in [1.82, 2.24) is 15.2 Å². The topological polar surface area (TPSA) is 90.0 Å². The molecular formula is C29H41N3O5. The number of hydrogen-bond donors (Lipinski definition) is 1. The Hall–Kier alpha value is -2.71. The molecule has 4 rings (SSSR count). The van der Waals surface area contributed by atoms with E-state index in [0.717, 1.165) is 57.0 Å². The summed E-state index contributed by atoms with van der Waals surface area (Å²) >= 11 is 0. The molecule has 1 N–H and O–H groups in total. The van der Waals surface area contributed by atoms with E-state index in [9.17, 15) is 9.59 Å². The highest BCUT2D eigenvalue weighted by Crippen LogP contribution is 2.33. The smallest absolute Gasteiger partial charge is 0.270 e. The van der Waals surface area contributed by atoms with E-state index in [1.807, 2.05) is 19.1 Å². The number of carbonyl (C=O) groups is 2. The molecule has 1 amide bonds. The predicted molar refractivity (Wildman–Crippen MR) is 143 cm³/mol. The standard InChI is InChI=1S/C29H41N3O5/c1-4-35-15-16-36-27-17-24(29(34)30-22-11-8-14-32(18-22)20(2)3)31-28-23(27)12-7-13-26(28)37-19-25(33)21-9-5-6-10-21/h7,12-13,17,20-22H,4-6,8-11,14-16,18-19H2,1-3H3,(H,30,34)/t22-/m1/s1. The Morgan fingerprint density at radius 1 is 1.08 bits per heavy atom. The van der Waals surface area contributed by atoms with Crippen LogP contribution in [0.15, 0.2) is 24.3 Å². The average molecular weight is 512 g/mol. The molecule has 0 bridgehead atoms. The van der Waals surface area contributed by atoms with Gasteiger partial charge < -0.3 is 19.5 Å². The third-order valence-electron chi connectivity index (χ3n) is 7.39. The Bertz CT molecular complexity index is 1070. The summed E-state index contributed by atoms with van der Waals surface area (Å²) in [6.45, 7) is 9.59. The van der Waals surface area contributed by atoms with E-state index in [2.05, 4.69) is 24.1 Å². The quantitative estimate of drug-likeness (QED) is 0.423. The first-order valence-electron chi connectivity index (χ1n) is 13.8. The van der Waals surface area contributed by atoms with Crippen molar-refractivity contribution >= 4 is 22.6 Å². The normalized spacial score (nSPS) is 18.9. The van der Waals surface area contributed by atoms with Crippen molar-refractivity contribution in [2.75, 3.05) is 39.5 Å². The highest BCUT2D eigenvalue weighted by atomic mass is 16.5. The van der Waals surface area contributed by atoms with Crippen LogP contribution in [0.4, 0.5) is 0 Å². The van der Waals surface area contributed by atoms with E-state index in [0.29, 0.717) is 42.9 Å².